The summed E-state index contributed by atoms with van der Waals surface area (Å²) >= 11 is 5.91. The van der Waals surface area contributed by atoms with E-state index in [2.05, 4.69) is 11.3 Å². The Balaban J connectivity index is 2.49. The third kappa shape index (κ3) is 1.58. The minimum atomic E-state index is 0.781. The first-order chi connectivity index (χ1) is 6.27. The topological polar surface area (TPSA) is 17.8 Å². The number of hydrogen-bond acceptors (Lipinski definition) is 1. The molecule has 0 spiro atoms. The van der Waals surface area contributed by atoms with Gasteiger partial charge in [0.15, 0.2) is 6.33 Å². The first-order valence-electron chi connectivity index (χ1n) is 3.95. The predicted octanol–water partition coefficient (Wildman–Crippen LogP) is 2.63. The second-order valence-electron chi connectivity index (χ2n) is 2.83. The van der Waals surface area contributed by atoms with E-state index in [9.17, 15) is 0 Å². The molecular weight excluding hydrogens is 184 g/mol. The molecule has 0 fully saturated rings. The van der Waals surface area contributed by atoms with Crippen molar-refractivity contribution in [1.29, 1.82) is 0 Å². The number of benzene rings is 1. The van der Waals surface area contributed by atoms with E-state index in [0.29, 0.717) is 0 Å². The van der Waals surface area contributed by atoms with Crippen LogP contribution in [0, 0.1) is 13.3 Å². The molecule has 13 heavy (non-hydrogen) atoms. The van der Waals surface area contributed by atoms with E-state index in [1.165, 1.54) is 0 Å². The molecular formula is C10H8ClN2. The molecule has 0 saturated carbocycles. The molecule has 0 aliphatic carbocycles. The Bertz CT molecular complexity index is 407. The minimum Gasteiger partial charge on any atom is -0.297 e. The van der Waals surface area contributed by atoms with Crippen molar-refractivity contribution in [2.45, 2.75) is 6.92 Å². The highest BCUT2D eigenvalue weighted by Gasteiger charge is 1.98. The second kappa shape index (κ2) is 3.23. The number of halogens is 1. The van der Waals surface area contributed by atoms with Gasteiger partial charge in [-0.15, -0.1) is 0 Å². The highest BCUT2D eigenvalue weighted by atomic mass is 35.5. The maximum atomic E-state index is 5.91. The number of rotatable bonds is 1. The summed E-state index contributed by atoms with van der Waals surface area (Å²) in [6, 6.07) is 5.81. The van der Waals surface area contributed by atoms with E-state index in [1.54, 1.807) is 6.20 Å². The van der Waals surface area contributed by atoms with E-state index < -0.39 is 0 Å². The Labute approximate surface area is 81.8 Å². The van der Waals surface area contributed by atoms with Crippen molar-refractivity contribution in [2.75, 3.05) is 0 Å². The first-order valence-corrected chi connectivity index (χ1v) is 4.33. The van der Waals surface area contributed by atoms with Crippen LogP contribution in [-0.4, -0.2) is 9.55 Å². The van der Waals surface area contributed by atoms with Crippen LogP contribution < -0.4 is 0 Å². The molecule has 0 aliphatic rings. The van der Waals surface area contributed by atoms with Crippen LogP contribution in [0.3, 0.4) is 0 Å². The van der Waals surface area contributed by atoms with Crippen molar-refractivity contribution in [3.05, 3.63) is 47.5 Å². The maximum absolute atomic E-state index is 5.91. The third-order valence-electron chi connectivity index (χ3n) is 1.88. The minimum absolute atomic E-state index is 0.781. The lowest BCUT2D eigenvalue weighted by atomic mass is 10.2. The number of aromatic nitrogens is 2. The molecule has 3 heteroatoms. The van der Waals surface area contributed by atoms with Gasteiger partial charge in [-0.1, -0.05) is 11.6 Å². The van der Waals surface area contributed by atoms with E-state index in [0.717, 1.165) is 16.3 Å². The zero-order valence-electron chi connectivity index (χ0n) is 7.16. The Morgan fingerprint density at radius 1 is 1.46 bits per heavy atom. The normalized spacial score (nSPS) is 10.3. The van der Waals surface area contributed by atoms with Gasteiger partial charge < -0.3 is 0 Å². The molecule has 0 aliphatic heterocycles. The number of aryl methyl sites for hydroxylation is 1. The standard InChI is InChI=1S/C10H8ClN2/c1-8-6-9(2-3-10(8)11)13-5-4-12-7-13/h2-6H,1H3. The molecule has 0 bridgehead atoms. The van der Waals surface area contributed by atoms with Crippen LogP contribution in [0.2, 0.25) is 5.02 Å². The van der Waals surface area contributed by atoms with Gasteiger partial charge in [-0.2, -0.15) is 0 Å². The Hall–Kier alpha value is -1.28. The van der Waals surface area contributed by atoms with Gasteiger partial charge in [-0.3, -0.25) is 4.57 Å². The summed E-state index contributed by atoms with van der Waals surface area (Å²) in [7, 11) is 0. The Morgan fingerprint density at radius 2 is 2.31 bits per heavy atom. The molecule has 1 heterocycles. The van der Waals surface area contributed by atoms with Gasteiger partial charge in [0.2, 0.25) is 0 Å². The molecule has 0 atom stereocenters. The van der Waals surface area contributed by atoms with E-state index in [1.807, 2.05) is 35.9 Å². The summed E-state index contributed by atoms with van der Waals surface area (Å²) in [5.41, 5.74) is 2.08. The summed E-state index contributed by atoms with van der Waals surface area (Å²) in [5, 5.41) is 0.781. The van der Waals surface area contributed by atoms with Crippen LogP contribution in [0.4, 0.5) is 0 Å². The summed E-state index contributed by atoms with van der Waals surface area (Å²) < 4.78 is 1.82. The van der Waals surface area contributed by atoms with Gasteiger partial charge in [0.05, 0.1) is 0 Å². The molecule has 0 amide bonds. The van der Waals surface area contributed by atoms with Crippen molar-refractivity contribution in [1.82, 2.24) is 9.55 Å². The molecule has 1 aromatic heterocycles. The lowest BCUT2D eigenvalue weighted by Gasteiger charge is -2.03. The van der Waals surface area contributed by atoms with E-state index in [4.69, 9.17) is 11.6 Å². The van der Waals surface area contributed by atoms with Crippen molar-refractivity contribution in [2.24, 2.45) is 0 Å². The molecule has 0 unspecified atom stereocenters. The fourth-order valence-electron chi connectivity index (χ4n) is 1.15. The smallest absolute Gasteiger partial charge is 0.181 e. The zero-order chi connectivity index (χ0) is 9.26. The van der Waals surface area contributed by atoms with Gasteiger partial charge in [-0.05, 0) is 30.7 Å². The van der Waals surface area contributed by atoms with Gasteiger partial charge in [0.1, 0.15) is 0 Å². The van der Waals surface area contributed by atoms with Crippen molar-refractivity contribution < 1.29 is 0 Å². The summed E-state index contributed by atoms with van der Waals surface area (Å²) in [6.45, 7) is 1.97. The van der Waals surface area contributed by atoms with Crippen LogP contribution >= 0.6 is 11.6 Å². The number of imidazole rings is 1. The van der Waals surface area contributed by atoms with E-state index >= 15 is 0 Å². The van der Waals surface area contributed by atoms with Gasteiger partial charge >= 0.3 is 0 Å². The van der Waals surface area contributed by atoms with Gasteiger partial charge in [0.25, 0.3) is 0 Å². The highest BCUT2D eigenvalue weighted by Crippen LogP contribution is 2.18. The molecule has 1 radical (unpaired) electrons. The van der Waals surface area contributed by atoms with Crippen LogP contribution in [0.1, 0.15) is 5.56 Å². The third-order valence-corrected chi connectivity index (χ3v) is 2.30. The first kappa shape index (κ1) is 8.32. The molecule has 2 nitrogen and oxygen atoms in total. The van der Waals surface area contributed by atoms with Crippen LogP contribution in [-0.2, 0) is 0 Å². The van der Waals surface area contributed by atoms with Crippen molar-refractivity contribution >= 4 is 11.6 Å². The fourth-order valence-corrected chi connectivity index (χ4v) is 1.27. The van der Waals surface area contributed by atoms with Gasteiger partial charge in [-0.25, -0.2) is 4.98 Å². The average molecular weight is 192 g/mol. The quantitative estimate of drug-likeness (QED) is 0.678. The largest absolute Gasteiger partial charge is 0.297 e. The number of nitrogens with zero attached hydrogens (tertiary/aromatic N) is 2. The van der Waals surface area contributed by atoms with Crippen LogP contribution in [0.25, 0.3) is 5.69 Å². The molecule has 0 N–H and O–H groups in total. The van der Waals surface area contributed by atoms with E-state index in [-0.39, 0.29) is 0 Å². The zero-order valence-corrected chi connectivity index (χ0v) is 7.92. The molecule has 0 saturated heterocycles. The lowest BCUT2D eigenvalue weighted by Crippen LogP contribution is -1.90. The average Bonchev–Trinajstić information content (AvgIpc) is 2.62. The molecule has 2 rings (SSSR count). The molecule has 65 valence electrons. The highest BCUT2D eigenvalue weighted by molar-refractivity contribution is 6.31. The Morgan fingerprint density at radius 3 is 2.92 bits per heavy atom. The van der Waals surface area contributed by atoms with Crippen LogP contribution in [0.5, 0.6) is 0 Å². The van der Waals surface area contributed by atoms with Gasteiger partial charge in [0, 0.05) is 23.1 Å². The monoisotopic (exact) mass is 191 g/mol. The van der Waals surface area contributed by atoms with Crippen molar-refractivity contribution in [3.8, 4) is 5.69 Å². The molecule has 1 aromatic carbocycles. The summed E-state index contributed by atoms with van der Waals surface area (Å²) in [4.78, 5) is 3.86. The molecule has 2 aromatic rings. The predicted molar refractivity (Wildman–Crippen MR) is 52.1 cm³/mol. The fraction of sp³-hybridized carbons (Fsp3) is 0.100. The SMILES string of the molecule is Cc1cc(-n2[c]ncc2)ccc1Cl. The summed E-state index contributed by atoms with van der Waals surface area (Å²) in [6.07, 6.45) is 6.37. The second-order valence-corrected chi connectivity index (χ2v) is 3.24. The summed E-state index contributed by atoms with van der Waals surface area (Å²) in [5.74, 6) is 0. The Kier molecular flexibility index (Phi) is 2.07. The van der Waals surface area contributed by atoms with Crippen molar-refractivity contribution in [3.63, 3.8) is 0 Å². The maximum Gasteiger partial charge on any atom is 0.181 e. The lowest BCUT2D eigenvalue weighted by molar-refractivity contribution is 1.04. The number of hydrogen-bond donors (Lipinski definition) is 0. The van der Waals surface area contributed by atoms with Crippen LogP contribution in [0.15, 0.2) is 30.6 Å².